The van der Waals surface area contributed by atoms with E-state index in [0.717, 1.165) is 30.6 Å². The highest BCUT2D eigenvalue weighted by Gasteiger charge is 2.07. The Bertz CT molecular complexity index is 595. The van der Waals surface area contributed by atoms with Crippen molar-refractivity contribution < 1.29 is 4.79 Å². The van der Waals surface area contributed by atoms with Crippen LogP contribution in [-0.2, 0) is 6.54 Å². The molecule has 0 aliphatic heterocycles. The van der Waals surface area contributed by atoms with E-state index >= 15 is 0 Å². The number of hydrogen-bond acceptors (Lipinski definition) is 2. The topological polar surface area (TPSA) is 32.3 Å². The lowest BCUT2D eigenvalue weighted by Gasteiger charge is -2.16. The van der Waals surface area contributed by atoms with Gasteiger partial charge in [0, 0.05) is 18.7 Å². The van der Waals surface area contributed by atoms with Crippen molar-refractivity contribution in [1.29, 1.82) is 0 Å². The van der Waals surface area contributed by atoms with E-state index in [1.807, 2.05) is 37.3 Å². The van der Waals surface area contributed by atoms with Crippen molar-refractivity contribution in [2.24, 2.45) is 0 Å². The summed E-state index contributed by atoms with van der Waals surface area (Å²) in [5.41, 5.74) is 3.09. The van der Waals surface area contributed by atoms with Crippen LogP contribution in [0.1, 0.15) is 27.9 Å². The molecule has 0 aliphatic rings. The first-order valence-corrected chi connectivity index (χ1v) is 7.73. The van der Waals surface area contributed by atoms with E-state index < -0.39 is 0 Å². The van der Waals surface area contributed by atoms with E-state index in [0.29, 0.717) is 6.54 Å². The Kier molecular flexibility index (Phi) is 6.16. The molecular weight excluding hydrogens is 272 g/mol. The van der Waals surface area contributed by atoms with Gasteiger partial charge >= 0.3 is 0 Å². The summed E-state index contributed by atoms with van der Waals surface area (Å²) in [5.74, 6) is 0.0174. The van der Waals surface area contributed by atoms with Crippen LogP contribution in [0.3, 0.4) is 0 Å². The van der Waals surface area contributed by atoms with E-state index in [4.69, 9.17) is 0 Å². The van der Waals surface area contributed by atoms with Gasteiger partial charge in [0.05, 0.1) is 0 Å². The number of nitrogens with zero attached hydrogens (tertiary/aromatic N) is 1. The number of carbonyl (C=O) groups is 1. The van der Waals surface area contributed by atoms with Crippen LogP contribution in [0.5, 0.6) is 0 Å². The van der Waals surface area contributed by atoms with Gasteiger partial charge in [-0.05, 0) is 44.1 Å². The zero-order valence-corrected chi connectivity index (χ0v) is 13.4. The molecule has 0 spiro atoms. The first-order valence-electron chi connectivity index (χ1n) is 7.73. The quantitative estimate of drug-likeness (QED) is 0.796. The van der Waals surface area contributed by atoms with Crippen molar-refractivity contribution in [3.63, 3.8) is 0 Å². The molecule has 0 bridgehead atoms. The zero-order chi connectivity index (χ0) is 15.8. The minimum Gasteiger partial charge on any atom is -0.352 e. The molecule has 0 radical (unpaired) electrons. The van der Waals surface area contributed by atoms with Gasteiger partial charge in [0.15, 0.2) is 0 Å². The normalized spacial score (nSPS) is 10.7. The van der Waals surface area contributed by atoms with Crippen molar-refractivity contribution in [2.75, 3.05) is 20.1 Å². The van der Waals surface area contributed by atoms with Crippen molar-refractivity contribution in [2.45, 2.75) is 19.9 Å². The number of amides is 1. The van der Waals surface area contributed by atoms with Crippen LogP contribution in [-0.4, -0.2) is 30.9 Å². The zero-order valence-electron chi connectivity index (χ0n) is 13.4. The number of nitrogens with one attached hydrogen (secondary N) is 1. The molecular formula is C19H24N2O. The number of aryl methyl sites for hydroxylation is 1. The lowest BCUT2D eigenvalue weighted by Crippen LogP contribution is -2.28. The maximum atomic E-state index is 12.1. The number of carbonyl (C=O) groups excluding carboxylic acids is 1. The predicted molar refractivity (Wildman–Crippen MR) is 90.9 cm³/mol. The van der Waals surface area contributed by atoms with Gasteiger partial charge in [0.1, 0.15) is 0 Å². The highest BCUT2D eigenvalue weighted by molar-refractivity contribution is 5.95. The summed E-state index contributed by atoms with van der Waals surface area (Å²) >= 11 is 0. The Balaban J connectivity index is 1.69. The van der Waals surface area contributed by atoms with Gasteiger partial charge in [0.25, 0.3) is 5.91 Å². The van der Waals surface area contributed by atoms with E-state index in [9.17, 15) is 4.79 Å². The van der Waals surface area contributed by atoms with Crippen LogP contribution >= 0.6 is 0 Å². The first-order chi connectivity index (χ1) is 10.7. The SMILES string of the molecule is Cc1ccccc1C(=O)NCCCN(C)Cc1ccccc1. The Morgan fingerprint density at radius 2 is 1.73 bits per heavy atom. The molecule has 0 fully saturated rings. The average Bonchev–Trinajstić information content (AvgIpc) is 2.53. The number of benzene rings is 2. The molecule has 0 aliphatic carbocycles. The van der Waals surface area contributed by atoms with Crippen LogP contribution in [0, 0.1) is 6.92 Å². The maximum absolute atomic E-state index is 12.1. The standard InChI is InChI=1S/C19H24N2O/c1-16-9-6-7-12-18(16)19(22)20-13-8-14-21(2)15-17-10-4-3-5-11-17/h3-7,9-12H,8,13-15H2,1-2H3,(H,20,22). The van der Waals surface area contributed by atoms with E-state index in [1.54, 1.807) is 0 Å². The van der Waals surface area contributed by atoms with Crippen LogP contribution in [0.4, 0.5) is 0 Å². The van der Waals surface area contributed by atoms with Gasteiger partial charge in [-0.15, -0.1) is 0 Å². The second kappa shape index (κ2) is 8.35. The minimum atomic E-state index is 0.0174. The molecule has 22 heavy (non-hydrogen) atoms. The third-order valence-electron chi connectivity index (χ3n) is 3.69. The highest BCUT2D eigenvalue weighted by Crippen LogP contribution is 2.06. The summed E-state index contributed by atoms with van der Waals surface area (Å²) in [6, 6.07) is 18.1. The van der Waals surface area contributed by atoms with Crippen LogP contribution in [0.2, 0.25) is 0 Å². The Morgan fingerprint density at radius 3 is 2.45 bits per heavy atom. The number of rotatable bonds is 7. The Morgan fingerprint density at radius 1 is 1.05 bits per heavy atom. The summed E-state index contributed by atoms with van der Waals surface area (Å²) in [4.78, 5) is 14.3. The van der Waals surface area contributed by atoms with E-state index in [-0.39, 0.29) is 5.91 Å². The molecule has 0 unspecified atom stereocenters. The summed E-state index contributed by atoms with van der Waals surface area (Å²) in [7, 11) is 2.11. The summed E-state index contributed by atoms with van der Waals surface area (Å²) in [5, 5.41) is 2.99. The predicted octanol–water partition coefficient (Wildman–Crippen LogP) is 3.25. The Labute approximate surface area is 133 Å². The van der Waals surface area contributed by atoms with Gasteiger partial charge in [-0.25, -0.2) is 0 Å². The summed E-state index contributed by atoms with van der Waals surface area (Å²) < 4.78 is 0. The molecule has 116 valence electrons. The molecule has 3 heteroatoms. The van der Waals surface area contributed by atoms with Crippen LogP contribution < -0.4 is 5.32 Å². The monoisotopic (exact) mass is 296 g/mol. The number of hydrogen-bond donors (Lipinski definition) is 1. The first kappa shape index (κ1) is 16.2. The van der Waals surface area contributed by atoms with Gasteiger partial charge in [-0.1, -0.05) is 48.5 Å². The third-order valence-corrected chi connectivity index (χ3v) is 3.69. The molecule has 2 aromatic rings. The molecule has 1 N–H and O–H groups in total. The molecule has 0 saturated carbocycles. The second-order valence-corrected chi connectivity index (χ2v) is 5.65. The maximum Gasteiger partial charge on any atom is 0.251 e. The van der Waals surface area contributed by atoms with Crippen LogP contribution in [0.25, 0.3) is 0 Å². The second-order valence-electron chi connectivity index (χ2n) is 5.65. The minimum absolute atomic E-state index is 0.0174. The fraction of sp³-hybridized carbons (Fsp3) is 0.316. The van der Waals surface area contributed by atoms with Crippen molar-refractivity contribution >= 4 is 5.91 Å². The molecule has 1 amide bonds. The Hall–Kier alpha value is -2.13. The van der Waals surface area contributed by atoms with Crippen molar-refractivity contribution in [3.05, 3.63) is 71.3 Å². The molecule has 2 rings (SSSR count). The molecule has 2 aromatic carbocycles. The smallest absolute Gasteiger partial charge is 0.251 e. The van der Waals surface area contributed by atoms with Crippen molar-refractivity contribution in [1.82, 2.24) is 10.2 Å². The average molecular weight is 296 g/mol. The van der Waals surface area contributed by atoms with Crippen molar-refractivity contribution in [3.8, 4) is 0 Å². The largest absolute Gasteiger partial charge is 0.352 e. The van der Waals surface area contributed by atoms with Crippen LogP contribution in [0.15, 0.2) is 54.6 Å². The molecule has 0 atom stereocenters. The summed E-state index contributed by atoms with van der Waals surface area (Å²) in [6.45, 7) is 4.56. The summed E-state index contributed by atoms with van der Waals surface area (Å²) in [6.07, 6.45) is 0.945. The molecule has 3 nitrogen and oxygen atoms in total. The van der Waals surface area contributed by atoms with Gasteiger partial charge in [-0.2, -0.15) is 0 Å². The van der Waals surface area contributed by atoms with E-state index in [2.05, 4.69) is 41.5 Å². The van der Waals surface area contributed by atoms with Gasteiger partial charge in [0.2, 0.25) is 0 Å². The third kappa shape index (κ3) is 5.01. The van der Waals surface area contributed by atoms with Gasteiger partial charge in [-0.3, -0.25) is 4.79 Å². The fourth-order valence-electron chi connectivity index (χ4n) is 2.45. The van der Waals surface area contributed by atoms with Gasteiger partial charge < -0.3 is 10.2 Å². The fourth-order valence-corrected chi connectivity index (χ4v) is 2.45. The lowest BCUT2D eigenvalue weighted by molar-refractivity contribution is 0.0951. The van der Waals surface area contributed by atoms with E-state index in [1.165, 1.54) is 5.56 Å². The molecule has 0 saturated heterocycles. The molecule has 0 aromatic heterocycles. The highest BCUT2D eigenvalue weighted by atomic mass is 16.1. The molecule has 0 heterocycles. The lowest BCUT2D eigenvalue weighted by atomic mass is 10.1.